The lowest BCUT2D eigenvalue weighted by Crippen LogP contribution is -2.35. The van der Waals surface area contributed by atoms with Gasteiger partial charge in [-0.15, -0.1) is 0 Å². The number of hydrogen-bond acceptors (Lipinski definition) is 7. The molecule has 2 aromatic carbocycles. The van der Waals surface area contributed by atoms with Crippen LogP contribution < -0.4 is 15.4 Å². The number of anilines is 2. The quantitative estimate of drug-likeness (QED) is 0.123. The Kier molecular flexibility index (Phi) is 9.08. The number of carbonyl (C=O) groups is 2. The van der Waals surface area contributed by atoms with E-state index in [4.69, 9.17) is 11.6 Å². The molecule has 3 N–H and O–H groups in total. The fourth-order valence-corrected chi connectivity index (χ4v) is 4.23. The van der Waals surface area contributed by atoms with Crippen LogP contribution in [-0.2, 0) is 4.79 Å². The molecule has 1 amide bonds. The number of H-pyrrole nitrogens is 1. The summed E-state index contributed by atoms with van der Waals surface area (Å²) in [5.41, 5.74) is 1.22. The van der Waals surface area contributed by atoms with Gasteiger partial charge in [0.1, 0.15) is 22.4 Å². The summed E-state index contributed by atoms with van der Waals surface area (Å²) in [6.07, 6.45) is -2.54. The average molecular weight is 593 g/mol. The van der Waals surface area contributed by atoms with Crippen LogP contribution >= 0.6 is 11.6 Å². The zero-order valence-corrected chi connectivity index (χ0v) is 22.7. The maximum absolute atomic E-state index is 13.6. The van der Waals surface area contributed by atoms with Crippen molar-refractivity contribution in [3.8, 4) is 17.1 Å². The van der Waals surface area contributed by atoms with E-state index in [1.165, 1.54) is 36.7 Å². The summed E-state index contributed by atoms with van der Waals surface area (Å²) >= 11 is 6.37. The van der Waals surface area contributed by atoms with Crippen molar-refractivity contribution in [2.24, 2.45) is 0 Å². The highest BCUT2D eigenvalue weighted by atomic mass is 35.5. The number of benzene rings is 2. The molecular weight excluding hydrogens is 568 g/mol. The van der Waals surface area contributed by atoms with E-state index in [1.807, 2.05) is 18.7 Å². The number of nitrogens with zero attached hydrogens (tertiary/aromatic N) is 3. The molecule has 0 atom stereocenters. The van der Waals surface area contributed by atoms with E-state index in [9.17, 15) is 27.2 Å². The number of likely N-dealkylation sites (N-methyl/N-ethyl adjacent to an activating group) is 1. The second kappa shape index (κ2) is 12.5. The highest BCUT2D eigenvalue weighted by molar-refractivity contribution is 6.35. The number of halogens is 5. The third-order valence-electron chi connectivity index (χ3n) is 6.13. The average Bonchev–Trinajstić information content (AvgIpc) is 3.36. The van der Waals surface area contributed by atoms with Gasteiger partial charge in [-0.05, 0) is 49.5 Å². The first-order valence-corrected chi connectivity index (χ1v) is 12.9. The number of hydrogen-bond donors (Lipinski definition) is 3. The van der Waals surface area contributed by atoms with Crippen LogP contribution in [0.2, 0.25) is 5.02 Å². The van der Waals surface area contributed by atoms with E-state index >= 15 is 0 Å². The van der Waals surface area contributed by atoms with E-state index in [2.05, 4.69) is 30.3 Å². The van der Waals surface area contributed by atoms with Gasteiger partial charge in [-0.25, -0.2) is 14.2 Å². The number of esters is 1. The first-order valence-electron chi connectivity index (χ1n) is 12.5. The molecule has 14 heteroatoms. The normalized spacial score (nSPS) is 11.6. The maximum atomic E-state index is 13.6. The SMILES string of the molecule is CCN(CC)CCNC(=O)c1ccc(Nc2cncc(-c3cc4cc(F)ccc4[nH]3)n2)c(Cl)c1OC(=O)C(F)(F)F. The molecule has 0 fully saturated rings. The van der Waals surface area contributed by atoms with E-state index in [0.717, 1.165) is 13.1 Å². The van der Waals surface area contributed by atoms with Gasteiger partial charge in [-0.3, -0.25) is 9.78 Å². The molecule has 0 aliphatic carbocycles. The van der Waals surface area contributed by atoms with E-state index in [-0.39, 0.29) is 23.6 Å². The topological polar surface area (TPSA) is 112 Å². The Morgan fingerprint density at radius 2 is 1.85 bits per heavy atom. The Labute approximate surface area is 236 Å². The Balaban J connectivity index is 1.62. The molecule has 0 aliphatic rings. The number of amides is 1. The standard InChI is InChI=1S/C27H25ClF4N6O3/c1-3-38(4-2)10-9-34-25(39)17-6-8-19(23(28)24(17)41-26(40)27(30,31)32)36-22-14-33-13-21(37-22)20-12-15-11-16(29)5-7-18(15)35-20/h5-8,11-14,35H,3-4,9-10H2,1-2H3,(H,34,39)(H,36,37). The second-order valence-electron chi connectivity index (χ2n) is 8.80. The van der Waals surface area contributed by atoms with Crippen molar-refractivity contribution in [2.75, 3.05) is 31.5 Å². The third kappa shape index (κ3) is 7.11. The van der Waals surface area contributed by atoms with Gasteiger partial charge in [0.2, 0.25) is 0 Å². The number of carbonyl (C=O) groups excluding carboxylic acids is 2. The number of aromatic nitrogens is 3. The zero-order valence-electron chi connectivity index (χ0n) is 21.9. The summed E-state index contributed by atoms with van der Waals surface area (Å²) in [4.78, 5) is 38.2. The second-order valence-corrected chi connectivity index (χ2v) is 9.18. The molecule has 0 saturated heterocycles. The molecule has 4 aromatic rings. The molecule has 0 saturated carbocycles. The summed E-state index contributed by atoms with van der Waals surface area (Å²) in [5.74, 6) is -4.33. The molecule has 216 valence electrons. The number of nitrogens with one attached hydrogen (secondary N) is 3. The van der Waals surface area contributed by atoms with Crippen LogP contribution in [0.1, 0.15) is 24.2 Å². The minimum absolute atomic E-state index is 0.00139. The van der Waals surface area contributed by atoms with Crippen LogP contribution in [0.15, 0.2) is 48.8 Å². The molecule has 4 rings (SSSR count). The summed E-state index contributed by atoms with van der Waals surface area (Å²) < 4.78 is 57.3. The molecule has 2 aromatic heterocycles. The number of fused-ring (bicyclic) bond motifs is 1. The number of ether oxygens (including phenoxy) is 1. The Hall–Kier alpha value is -4.23. The van der Waals surface area contributed by atoms with Crippen LogP contribution in [0, 0.1) is 5.82 Å². The fraction of sp³-hybridized carbons (Fsp3) is 0.259. The van der Waals surface area contributed by atoms with Crippen molar-refractivity contribution >= 4 is 45.9 Å². The molecule has 41 heavy (non-hydrogen) atoms. The van der Waals surface area contributed by atoms with Gasteiger partial charge in [0.25, 0.3) is 5.91 Å². The third-order valence-corrected chi connectivity index (χ3v) is 6.51. The van der Waals surface area contributed by atoms with Crippen LogP contribution in [0.25, 0.3) is 22.3 Å². The molecule has 0 bridgehead atoms. The number of rotatable bonds is 10. The van der Waals surface area contributed by atoms with Gasteiger partial charge in [0.15, 0.2) is 5.75 Å². The smallest absolute Gasteiger partial charge is 0.417 e. The first kappa shape index (κ1) is 29.7. The summed E-state index contributed by atoms with van der Waals surface area (Å²) in [6, 6.07) is 8.45. The van der Waals surface area contributed by atoms with Crippen molar-refractivity contribution < 1.29 is 31.9 Å². The lowest BCUT2D eigenvalue weighted by molar-refractivity contribution is -0.189. The maximum Gasteiger partial charge on any atom is 0.491 e. The predicted octanol–water partition coefficient (Wildman–Crippen LogP) is 5.70. The number of aromatic amines is 1. The van der Waals surface area contributed by atoms with Crippen molar-refractivity contribution in [1.29, 1.82) is 0 Å². The summed E-state index contributed by atoms with van der Waals surface area (Å²) in [7, 11) is 0. The predicted molar refractivity (Wildman–Crippen MR) is 146 cm³/mol. The van der Waals surface area contributed by atoms with Gasteiger partial charge in [0.05, 0.1) is 29.3 Å². The Morgan fingerprint density at radius 3 is 2.56 bits per heavy atom. The lowest BCUT2D eigenvalue weighted by Gasteiger charge is -2.19. The Bertz CT molecular complexity index is 1570. The number of alkyl halides is 3. The van der Waals surface area contributed by atoms with Crippen molar-refractivity contribution in [3.63, 3.8) is 0 Å². The summed E-state index contributed by atoms with van der Waals surface area (Å²) in [5, 5.41) is 5.60. The van der Waals surface area contributed by atoms with E-state index in [0.29, 0.717) is 28.8 Å². The van der Waals surface area contributed by atoms with Gasteiger partial charge < -0.3 is 25.3 Å². The fourth-order valence-electron chi connectivity index (χ4n) is 3.98. The van der Waals surface area contributed by atoms with Gasteiger partial charge in [-0.1, -0.05) is 25.4 Å². The van der Waals surface area contributed by atoms with Crippen LogP contribution in [0.3, 0.4) is 0 Å². The van der Waals surface area contributed by atoms with Crippen molar-refractivity contribution in [1.82, 2.24) is 25.2 Å². The Morgan fingerprint density at radius 1 is 1.10 bits per heavy atom. The largest absolute Gasteiger partial charge is 0.491 e. The highest BCUT2D eigenvalue weighted by Gasteiger charge is 2.42. The molecule has 2 heterocycles. The molecule has 9 nitrogen and oxygen atoms in total. The van der Waals surface area contributed by atoms with Gasteiger partial charge in [0, 0.05) is 24.0 Å². The van der Waals surface area contributed by atoms with E-state index < -0.39 is 34.6 Å². The minimum atomic E-state index is -5.33. The molecule has 0 spiro atoms. The minimum Gasteiger partial charge on any atom is -0.417 e. The van der Waals surface area contributed by atoms with Crippen molar-refractivity contribution in [3.05, 3.63) is 65.2 Å². The lowest BCUT2D eigenvalue weighted by atomic mass is 10.1. The van der Waals surface area contributed by atoms with Crippen LogP contribution in [0.5, 0.6) is 5.75 Å². The van der Waals surface area contributed by atoms with Gasteiger partial charge >= 0.3 is 12.1 Å². The molecule has 0 unspecified atom stereocenters. The first-order chi connectivity index (χ1) is 19.5. The monoisotopic (exact) mass is 592 g/mol. The van der Waals surface area contributed by atoms with Crippen LogP contribution in [-0.4, -0.2) is 64.1 Å². The van der Waals surface area contributed by atoms with E-state index in [1.54, 1.807) is 12.1 Å². The van der Waals surface area contributed by atoms with Gasteiger partial charge in [-0.2, -0.15) is 13.2 Å². The van der Waals surface area contributed by atoms with Crippen molar-refractivity contribution in [2.45, 2.75) is 20.0 Å². The summed E-state index contributed by atoms with van der Waals surface area (Å²) in [6.45, 7) is 6.10. The molecular formula is C27H25ClF4N6O3. The molecule has 0 radical (unpaired) electrons. The highest BCUT2D eigenvalue weighted by Crippen LogP contribution is 2.38. The van der Waals surface area contributed by atoms with Crippen LogP contribution in [0.4, 0.5) is 29.1 Å². The zero-order chi connectivity index (χ0) is 29.7. The molecule has 0 aliphatic heterocycles.